The van der Waals surface area contributed by atoms with Crippen molar-refractivity contribution in [1.82, 2.24) is 10.3 Å². The highest BCUT2D eigenvalue weighted by Gasteiger charge is 2.40. The third-order valence-corrected chi connectivity index (χ3v) is 5.22. The number of halogens is 1. The average Bonchev–Trinajstić information content (AvgIpc) is 2.84. The number of hydrogen-bond donors (Lipinski definition) is 2. The number of nitrogens with zero attached hydrogens (tertiary/aromatic N) is 2. The number of amides is 2. The van der Waals surface area contributed by atoms with E-state index < -0.39 is 11.5 Å². The lowest BCUT2D eigenvalue weighted by molar-refractivity contribution is 0.0526. The van der Waals surface area contributed by atoms with Gasteiger partial charge in [0.2, 0.25) is 0 Å². The quantitative estimate of drug-likeness (QED) is 0.502. The van der Waals surface area contributed by atoms with E-state index in [-0.39, 0.29) is 11.6 Å². The Balaban J connectivity index is 1.95. The minimum absolute atomic E-state index is 0.138. The van der Waals surface area contributed by atoms with E-state index >= 15 is 0 Å². The van der Waals surface area contributed by atoms with Crippen LogP contribution in [0.2, 0.25) is 0 Å². The van der Waals surface area contributed by atoms with E-state index in [1.54, 1.807) is 12.1 Å². The van der Waals surface area contributed by atoms with Crippen molar-refractivity contribution in [2.24, 2.45) is 11.7 Å². The first-order valence-electron chi connectivity index (χ1n) is 9.60. The van der Waals surface area contributed by atoms with Gasteiger partial charge in [0.15, 0.2) is 0 Å². The molecule has 28 heavy (non-hydrogen) atoms. The number of anilines is 1. The maximum Gasteiger partial charge on any atom is 0.407 e. The highest BCUT2D eigenvalue weighted by molar-refractivity contribution is 9.10. The maximum absolute atomic E-state index is 11.8. The third-order valence-electron chi connectivity index (χ3n) is 4.78. The average molecular weight is 455 g/mol. The number of pyridine rings is 1. The first-order valence-corrected chi connectivity index (χ1v) is 10.4. The van der Waals surface area contributed by atoms with E-state index in [1.807, 2.05) is 20.8 Å². The summed E-state index contributed by atoms with van der Waals surface area (Å²) in [6.07, 6.45) is 2.43. The second-order valence-electron chi connectivity index (χ2n) is 8.93. The van der Waals surface area contributed by atoms with Crippen molar-refractivity contribution in [2.75, 3.05) is 18.0 Å². The monoisotopic (exact) mass is 454 g/mol. The fraction of sp³-hybridized carbons (Fsp3) is 0.650. The van der Waals surface area contributed by atoms with Crippen LogP contribution < -0.4 is 16.0 Å². The number of nitrogens with one attached hydrogen (secondary N) is 1. The minimum Gasteiger partial charge on any atom is -0.444 e. The lowest BCUT2D eigenvalue weighted by atomic mass is 9.93. The van der Waals surface area contributed by atoms with Gasteiger partial charge >= 0.3 is 6.09 Å². The minimum atomic E-state index is -0.491. The van der Waals surface area contributed by atoms with Crippen LogP contribution in [0.15, 0.2) is 16.7 Å². The van der Waals surface area contributed by atoms with Crippen molar-refractivity contribution in [2.45, 2.75) is 65.0 Å². The summed E-state index contributed by atoms with van der Waals surface area (Å²) in [5.74, 6) is 0.592. The number of carbonyl (C=O) groups excluding carboxylic acids is 2. The molecule has 3 N–H and O–H groups in total. The van der Waals surface area contributed by atoms with E-state index in [0.29, 0.717) is 28.4 Å². The number of aromatic nitrogens is 1. The molecule has 1 aromatic rings. The summed E-state index contributed by atoms with van der Waals surface area (Å²) < 4.78 is 5.92. The maximum atomic E-state index is 11.8. The Morgan fingerprint density at radius 1 is 1.39 bits per heavy atom. The van der Waals surface area contributed by atoms with Crippen LogP contribution in [-0.4, -0.2) is 41.2 Å². The fourth-order valence-electron chi connectivity index (χ4n) is 3.67. The summed E-state index contributed by atoms with van der Waals surface area (Å²) in [4.78, 5) is 30.3. The Morgan fingerprint density at radius 2 is 2.07 bits per heavy atom. The molecule has 8 heteroatoms. The molecule has 0 radical (unpaired) electrons. The number of ether oxygens (including phenoxy) is 1. The third kappa shape index (κ3) is 6.09. The van der Waals surface area contributed by atoms with E-state index in [2.05, 4.69) is 45.0 Å². The summed E-state index contributed by atoms with van der Waals surface area (Å²) in [6, 6.07) is 3.44. The first-order chi connectivity index (χ1) is 12.9. The molecule has 0 saturated carbocycles. The number of alkyl carbamates (subject to hydrolysis) is 1. The molecule has 0 bridgehead atoms. The second-order valence-corrected chi connectivity index (χ2v) is 9.75. The first kappa shape index (κ1) is 22.5. The van der Waals surface area contributed by atoms with E-state index in [9.17, 15) is 9.59 Å². The Bertz CT molecular complexity index is 731. The molecule has 1 saturated heterocycles. The number of carbonyl (C=O) groups is 2. The topological polar surface area (TPSA) is 97.6 Å². The van der Waals surface area contributed by atoms with Gasteiger partial charge < -0.3 is 20.7 Å². The molecule has 1 aromatic heterocycles. The van der Waals surface area contributed by atoms with Gasteiger partial charge in [0, 0.05) is 18.6 Å². The summed E-state index contributed by atoms with van der Waals surface area (Å²) in [5.41, 5.74) is 5.36. The Morgan fingerprint density at radius 3 is 2.68 bits per heavy atom. The van der Waals surface area contributed by atoms with Crippen LogP contribution >= 0.6 is 15.9 Å². The zero-order chi connectivity index (χ0) is 21.1. The largest absolute Gasteiger partial charge is 0.444 e. The highest BCUT2D eigenvalue weighted by atomic mass is 79.9. The van der Waals surface area contributed by atoms with Gasteiger partial charge in [0.05, 0.1) is 5.56 Å². The summed E-state index contributed by atoms with van der Waals surface area (Å²) in [7, 11) is 0. The lowest BCUT2D eigenvalue weighted by Crippen LogP contribution is -2.40. The molecule has 0 aliphatic carbocycles. The van der Waals surface area contributed by atoms with Gasteiger partial charge in [0.25, 0.3) is 5.91 Å². The Kier molecular flexibility index (Phi) is 6.96. The van der Waals surface area contributed by atoms with Gasteiger partial charge in [-0.25, -0.2) is 9.78 Å². The molecule has 7 nitrogen and oxygen atoms in total. The molecular formula is C20H31BrN4O3. The zero-order valence-corrected chi connectivity index (χ0v) is 18.9. The van der Waals surface area contributed by atoms with Crippen LogP contribution in [0.25, 0.3) is 0 Å². The van der Waals surface area contributed by atoms with E-state index in [1.165, 1.54) is 0 Å². The SMILES string of the molecule is CC(C)(C)OC(=O)NCCC[C@@H]1CN(c2nc(Br)ccc2C(N)=O)C(C)(C)C1. The van der Waals surface area contributed by atoms with Gasteiger partial charge in [0.1, 0.15) is 16.0 Å². The number of primary amides is 1. The molecule has 156 valence electrons. The van der Waals surface area contributed by atoms with Crippen LogP contribution in [0.1, 0.15) is 64.2 Å². The summed E-state index contributed by atoms with van der Waals surface area (Å²) in [5, 5.41) is 2.80. The van der Waals surface area contributed by atoms with Crippen molar-refractivity contribution in [3.63, 3.8) is 0 Å². The predicted molar refractivity (Wildman–Crippen MR) is 113 cm³/mol. The van der Waals surface area contributed by atoms with Gasteiger partial charge in [-0.15, -0.1) is 0 Å². The molecule has 2 amide bonds. The Hall–Kier alpha value is -1.83. The van der Waals surface area contributed by atoms with Crippen molar-refractivity contribution in [3.8, 4) is 0 Å². The molecule has 0 aromatic carbocycles. The van der Waals surface area contributed by atoms with Crippen LogP contribution in [0.5, 0.6) is 0 Å². The second kappa shape index (κ2) is 8.68. The van der Waals surface area contributed by atoms with Gasteiger partial charge in [-0.2, -0.15) is 0 Å². The van der Waals surface area contributed by atoms with Crippen molar-refractivity contribution in [1.29, 1.82) is 0 Å². The predicted octanol–water partition coefficient (Wildman–Crippen LogP) is 3.85. The van der Waals surface area contributed by atoms with Gasteiger partial charge in [-0.3, -0.25) is 4.79 Å². The van der Waals surface area contributed by atoms with Crippen LogP contribution in [0, 0.1) is 5.92 Å². The lowest BCUT2D eigenvalue weighted by Gasteiger charge is -2.33. The molecule has 0 unspecified atom stereocenters. The van der Waals surface area contributed by atoms with Crippen molar-refractivity contribution < 1.29 is 14.3 Å². The molecule has 1 aliphatic heterocycles. The van der Waals surface area contributed by atoms with Crippen LogP contribution in [-0.2, 0) is 4.74 Å². The van der Waals surface area contributed by atoms with Gasteiger partial charge in [-0.1, -0.05) is 0 Å². The van der Waals surface area contributed by atoms with Crippen molar-refractivity contribution in [3.05, 3.63) is 22.3 Å². The zero-order valence-electron chi connectivity index (χ0n) is 17.3. The number of hydrogen-bond acceptors (Lipinski definition) is 5. The Labute approximate surface area is 175 Å². The number of rotatable bonds is 6. The molecule has 2 rings (SSSR count). The van der Waals surface area contributed by atoms with E-state index in [4.69, 9.17) is 10.5 Å². The molecule has 0 spiro atoms. The molecule has 1 fully saturated rings. The van der Waals surface area contributed by atoms with Crippen LogP contribution in [0.4, 0.5) is 10.6 Å². The number of nitrogens with two attached hydrogens (primary N) is 1. The smallest absolute Gasteiger partial charge is 0.407 e. The molecule has 2 heterocycles. The standard InChI is InChI=1S/C20H31BrN4O3/c1-19(2,3)28-18(27)23-10-6-7-13-11-20(4,5)25(12-13)17-14(16(22)26)8-9-15(21)24-17/h8-9,13H,6-7,10-12H2,1-5H3,(H2,22,26)(H,23,27)/t13-/m0/s1. The summed E-state index contributed by atoms with van der Waals surface area (Å²) >= 11 is 3.39. The van der Waals surface area contributed by atoms with Gasteiger partial charge in [-0.05, 0) is 87.9 Å². The summed E-state index contributed by atoms with van der Waals surface area (Å²) in [6.45, 7) is 11.2. The molecule has 1 aliphatic rings. The normalized spacial score (nSPS) is 18.8. The molecular weight excluding hydrogens is 424 g/mol. The fourth-order valence-corrected chi connectivity index (χ4v) is 3.97. The van der Waals surface area contributed by atoms with Crippen LogP contribution in [0.3, 0.4) is 0 Å². The molecule has 1 atom stereocenters. The van der Waals surface area contributed by atoms with Crippen molar-refractivity contribution >= 4 is 33.7 Å². The highest BCUT2D eigenvalue weighted by Crippen LogP contribution is 2.39. The van der Waals surface area contributed by atoms with E-state index in [0.717, 1.165) is 25.8 Å².